The normalized spacial score (nSPS) is 16.7. The van der Waals surface area contributed by atoms with Crippen molar-refractivity contribution in [2.45, 2.75) is 38.3 Å². The molecule has 0 spiro atoms. The van der Waals surface area contributed by atoms with E-state index >= 15 is 0 Å². The highest BCUT2D eigenvalue weighted by Crippen LogP contribution is 2.41. The Bertz CT molecular complexity index is 905. The van der Waals surface area contributed by atoms with Crippen LogP contribution in [0.1, 0.15) is 41.4 Å². The van der Waals surface area contributed by atoms with Crippen molar-refractivity contribution >= 4 is 0 Å². The lowest BCUT2D eigenvalue weighted by Crippen LogP contribution is -2.35. The van der Waals surface area contributed by atoms with Crippen molar-refractivity contribution in [2.75, 3.05) is 27.9 Å². The summed E-state index contributed by atoms with van der Waals surface area (Å²) >= 11 is 0. The van der Waals surface area contributed by atoms with E-state index in [1.165, 1.54) is 0 Å². The van der Waals surface area contributed by atoms with Gasteiger partial charge < -0.3 is 19.2 Å². The van der Waals surface area contributed by atoms with Gasteiger partial charge in [-0.05, 0) is 25.3 Å². The minimum Gasteiger partial charge on any atom is -0.493 e. The molecule has 0 saturated heterocycles. The second-order valence-corrected chi connectivity index (χ2v) is 7.10. The molecule has 0 unspecified atom stereocenters. The maximum Gasteiger partial charge on any atom is 0.254 e. The second kappa shape index (κ2) is 7.23. The van der Waals surface area contributed by atoms with Gasteiger partial charge in [0, 0.05) is 36.7 Å². The van der Waals surface area contributed by atoms with Gasteiger partial charge in [-0.25, -0.2) is 4.98 Å². The van der Waals surface area contributed by atoms with Gasteiger partial charge in [-0.15, -0.1) is 0 Å². The van der Waals surface area contributed by atoms with Crippen molar-refractivity contribution < 1.29 is 14.2 Å². The number of nitrogens with zero attached hydrogens (tertiary/aromatic N) is 2. The molecule has 1 aromatic heterocycles. The first-order chi connectivity index (χ1) is 13.1. The molecule has 2 heterocycles. The van der Waals surface area contributed by atoms with Crippen LogP contribution in [0.15, 0.2) is 16.9 Å². The van der Waals surface area contributed by atoms with E-state index in [0.29, 0.717) is 42.7 Å². The number of nitrogens with one attached hydrogen (secondary N) is 1. The molecule has 2 aromatic rings. The van der Waals surface area contributed by atoms with Crippen LogP contribution >= 0.6 is 0 Å². The number of H-pyrrole nitrogens is 1. The Morgan fingerprint density at radius 1 is 1.15 bits per heavy atom. The van der Waals surface area contributed by atoms with Crippen molar-refractivity contribution in [2.24, 2.45) is 0 Å². The molecule has 27 heavy (non-hydrogen) atoms. The lowest BCUT2D eigenvalue weighted by molar-refractivity contribution is 0.234. The summed E-state index contributed by atoms with van der Waals surface area (Å²) in [5, 5.41) is 0. The molecule has 4 rings (SSSR count). The molecule has 1 aromatic carbocycles. The van der Waals surface area contributed by atoms with Crippen LogP contribution in [0.4, 0.5) is 0 Å². The highest BCUT2D eigenvalue weighted by molar-refractivity contribution is 5.55. The summed E-state index contributed by atoms with van der Waals surface area (Å²) in [6.45, 7) is 2.16. The molecule has 7 nitrogen and oxygen atoms in total. The van der Waals surface area contributed by atoms with Crippen LogP contribution in [0.3, 0.4) is 0 Å². The van der Waals surface area contributed by atoms with Gasteiger partial charge in [0.1, 0.15) is 5.82 Å². The van der Waals surface area contributed by atoms with Crippen molar-refractivity contribution in [1.82, 2.24) is 14.9 Å². The first-order valence-corrected chi connectivity index (χ1v) is 9.26. The van der Waals surface area contributed by atoms with Gasteiger partial charge in [0.25, 0.3) is 5.56 Å². The molecule has 0 radical (unpaired) electrons. The van der Waals surface area contributed by atoms with Gasteiger partial charge in [0.15, 0.2) is 11.5 Å². The van der Waals surface area contributed by atoms with E-state index in [1.807, 2.05) is 12.1 Å². The van der Waals surface area contributed by atoms with Gasteiger partial charge in [-0.3, -0.25) is 9.69 Å². The van der Waals surface area contributed by atoms with Gasteiger partial charge >= 0.3 is 0 Å². The molecule has 1 saturated carbocycles. The molecule has 144 valence electrons. The standard InChI is InChI=1S/C20H25N3O4/c1-25-16-7-6-13(17(26-2)18(16)27-3)10-23-9-8-14-15(11-23)21-19(12-4-5-12)22-20(14)24/h6-7,12H,4-5,8-11H2,1-3H3,(H,21,22,24). The average molecular weight is 371 g/mol. The first-order valence-electron chi connectivity index (χ1n) is 9.26. The lowest BCUT2D eigenvalue weighted by Gasteiger charge is -2.28. The molecule has 1 aliphatic heterocycles. The lowest BCUT2D eigenvalue weighted by atomic mass is 10.0. The van der Waals surface area contributed by atoms with Gasteiger partial charge in [0.05, 0.1) is 27.0 Å². The summed E-state index contributed by atoms with van der Waals surface area (Å²) in [6.07, 6.45) is 2.95. The zero-order chi connectivity index (χ0) is 19.0. The third kappa shape index (κ3) is 3.39. The zero-order valence-electron chi connectivity index (χ0n) is 16.0. The molecule has 0 amide bonds. The molecule has 0 bridgehead atoms. The molecule has 2 aliphatic rings. The molecule has 1 fully saturated rings. The van der Waals surface area contributed by atoms with Gasteiger partial charge in [-0.2, -0.15) is 0 Å². The number of ether oxygens (including phenoxy) is 3. The summed E-state index contributed by atoms with van der Waals surface area (Å²) < 4.78 is 16.4. The van der Waals surface area contributed by atoms with E-state index in [1.54, 1.807) is 21.3 Å². The number of benzene rings is 1. The monoisotopic (exact) mass is 371 g/mol. The minimum atomic E-state index is 0.0326. The zero-order valence-corrected chi connectivity index (χ0v) is 16.0. The van der Waals surface area contributed by atoms with Crippen LogP contribution in [0, 0.1) is 0 Å². The van der Waals surface area contributed by atoms with Crippen LogP contribution < -0.4 is 19.8 Å². The molecule has 7 heteroatoms. The topological polar surface area (TPSA) is 76.7 Å². The largest absolute Gasteiger partial charge is 0.493 e. The number of hydrogen-bond acceptors (Lipinski definition) is 6. The number of rotatable bonds is 6. The van der Waals surface area contributed by atoms with E-state index in [2.05, 4.69) is 9.88 Å². The molecule has 1 N–H and O–H groups in total. The Kier molecular flexibility index (Phi) is 4.78. The number of aromatic nitrogens is 2. The van der Waals surface area contributed by atoms with Crippen molar-refractivity contribution in [3.05, 3.63) is 45.1 Å². The van der Waals surface area contributed by atoms with Crippen LogP contribution in [-0.2, 0) is 19.5 Å². The van der Waals surface area contributed by atoms with E-state index in [0.717, 1.165) is 42.0 Å². The molecule has 1 aliphatic carbocycles. The van der Waals surface area contributed by atoms with Crippen molar-refractivity contribution in [3.8, 4) is 17.2 Å². The van der Waals surface area contributed by atoms with E-state index in [9.17, 15) is 4.79 Å². The van der Waals surface area contributed by atoms with Crippen LogP contribution in [-0.4, -0.2) is 42.7 Å². The Hall–Kier alpha value is -2.54. The van der Waals surface area contributed by atoms with E-state index in [-0.39, 0.29) is 5.56 Å². The number of methoxy groups -OCH3 is 3. The summed E-state index contributed by atoms with van der Waals surface area (Å²) in [7, 11) is 4.85. The molecular formula is C20H25N3O4. The summed E-state index contributed by atoms with van der Waals surface area (Å²) in [5.41, 5.74) is 2.79. The van der Waals surface area contributed by atoms with E-state index < -0.39 is 0 Å². The fraction of sp³-hybridized carbons (Fsp3) is 0.500. The SMILES string of the molecule is COc1ccc(CN2CCc3c(nc(C4CC4)[nH]c3=O)C2)c(OC)c1OC. The first kappa shape index (κ1) is 17.9. The third-order valence-corrected chi connectivity index (χ3v) is 5.31. The van der Waals surface area contributed by atoms with Crippen LogP contribution in [0.2, 0.25) is 0 Å². The second-order valence-electron chi connectivity index (χ2n) is 7.10. The Morgan fingerprint density at radius 2 is 1.93 bits per heavy atom. The Labute approximate surface area is 158 Å². The fourth-order valence-corrected chi connectivity index (χ4v) is 3.73. The Morgan fingerprint density at radius 3 is 2.59 bits per heavy atom. The average Bonchev–Trinajstić information content (AvgIpc) is 3.52. The van der Waals surface area contributed by atoms with Gasteiger partial charge in [0.2, 0.25) is 5.75 Å². The van der Waals surface area contributed by atoms with Crippen molar-refractivity contribution in [1.29, 1.82) is 0 Å². The number of hydrogen-bond donors (Lipinski definition) is 1. The maximum atomic E-state index is 12.4. The summed E-state index contributed by atoms with van der Waals surface area (Å²) in [5.74, 6) is 3.21. The maximum absolute atomic E-state index is 12.4. The van der Waals surface area contributed by atoms with Crippen molar-refractivity contribution in [3.63, 3.8) is 0 Å². The van der Waals surface area contributed by atoms with E-state index in [4.69, 9.17) is 19.2 Å². The quantitative estimate of drug-likeness (QED) is 0.839. The molecule has 0 atom stereocenters. The predicted octanol–water partition coefficient (Wildman–Crippen LogP) is 2.23. The minimum absolute atomic E-state index is 0.0326. The number of aromatic amines is 1. The van der Waals surface area contributed by atoms with Crippen LogP contribution in [0.25, 0.3) is 0 Å². The summed E-state index contributed by atoms with van der Waals surface area (Å²) in [4.78, 5) is 22.4. The summed E-state index contributed by atoms with van der Waals surface area (Å²) in [6, 6.07) is 3.89. The molecular weight excluding hydrogens is 346 g/mol. The highest BCUT2D eigenvalue weighted by Gasteiger charge is 2.29. The van der Waals surface area contributed by atoms with Gasteiger partial charge in [-0.1, -0.05) is 6.07 Å². The van der Waals surface area contributed by atoms with Crippen LogP contribution in [0.5, 0.6) is 17.2 Å². The third-order valence-electron chi connectivity index (χ3n) is 5.31. The predicted molar refractivity (Wildman–Crippen MR) is 101 cm³/mol. The smallest absolute Gasteiger partial charge is 0.254 e. The fourth-order valence-electron chi connectivity index (χ4n) is 3.73. The highest BCUT2D eigenvalue weighted by atomic mass is 16.5. The number of fused-ring (bicyclic) bond motifs is 1. The Balaban J connectivity index is 1.59.